The molecule has 2 aromatic rings. The lowest BCUT2D eigenvalue weighted by atomic mass is 10.0. The first-order chi connectivity index (χ1) is 7.99. The van der Waals surface area contributed by atoms with Gasteiger partial charge in [-0.15, -0.1) is 0 Å². The number of nitrogen functional groups attached to an aromatic ring is 1. The summed E-state index contributed by atoms with van der Waals surface area (Å²) in [6.07, 6.45) is 0. The first-order valence-corrected chi connectivity index (χ1v) is 6.20. The van der Waals surface area contributed by atoms with Gasteiger partial charge in [-0.05, 0) is 24.3 Å². The average Bonchev–Trinajstić information content (AvgIpc) is 2.24. The van der Waals surface area contributed by atoms with Crippen LogP contribution in [0.3, 0.4) is 0 Å². The Hall–Kier alpha value is -0.600. The summed E-state index contributed by atoms with van der Waals surface area (Å²) in [6, 6.07) is 8.47. The SMILES string of the molecule is Nc1c(Cl)cc(Cl)cc1-c1ccc(Cl)cc1Cl. The van der Waals surface area contributed by atoms with Crippen molar-refractivity contribution < 1.29 is 0 Å². The summed E-state index contributed by atoms with van der Waals surface area (Å²) in [5.41, 5.74) is 7.80. The van der Waals surface area contributed by atoms with Gasteiger partial charge >= 0.3 is 0 Å². The van der Waals surface area contributed by atoms with Crippen LogP contribution in [0.15, 0.2) is 30.3 Å². The molecule has 2 aromatic carbocycles. The summed E-state index contributed by atoms with van der Waals surface area (Å²) >= 11 is 23.9. The summed E-state index contributed by atoms with van der Waals surface area (Å²) < 4.78 is 0. The van der Waals surface area contributed by atoms with Crippen LogP contribution in [0.25, 0.3) is 11.1 Å². The van der Waals surface area contributed by atoms with Crippen molar-refractivity contribution in [3.05, 3.63) is 50.4 Å². The van der Waals surface area contributed by atoms with E-state index < -0.39 is 0 Å². The first-order valence-electron chi connectivity index (χ1n) is 4.69. The molecular weight excluding hydrogens is 300 g/mol. The molecule has 0 aliphatic carbocycles. The fraction of sp³-hybridized carbons (Fsp3) is 0. The Morgan fingerprint density at radius 3 is 2.00 bits per heavy atom. The summed E-state index contributed by atoms with van der Waals surface area (Å²) in [5, 5.41) is 1.97. The molecule has 2 N–H and O–H groups in total. The molecule has 17 heavy (non-hydrogen) atoms. The molecule has 0 fully saturated rings. The van der Waals surface area contributed by atoms with Crippen molar-refractivity contribution in [3.8, 4) is 11.1 Å². The van der Waals surface area contributed by atoms with E-state index in [-0.39, 0.29) is 0 Å². The Morgan fingerprint density at radius 1 is 0.706 bits per heavy atom. The summed E-state index contributed by atoms with van der Waals surface area (Å²) in [7, 11) is 0. The highest BCUT2D eigenvalue weighted by Gasteiger charge is 2.11. The Bertz CT molecular complexity index is 581. The fourth-order valence-corrected chi connectivity index (χ4v) is 2.52. The second-order valence-corrected chi connectivity index (χ2v) is 5.16. The van der Waals surface area contributed by atoms with Gasteiger partial charge in [0.1, 0.15) is 0 Å². The van der Waals surface area contributed by atoms with Gasteiger partial charge < -0.3 is 5.73 Å². The van der Waals surface area contributed by atoms with Gasteiger partial charge in [0.2, 0.25) is 0 Å². The molecule has 0 unspecified atom stereocenters. The van der Waals surface area contributed by atoms with Crippen molar-refractivity contribution in [2.45, 2.75) is 0 Å². The lowest BCUT2D eigenvalue weighted by Crippen LogP contribution is -1.92. The van der Waals surface area contributed by atoms with Gasteiger partial charge in [-0.2, -0.15) is 0 Å². The number of halogens is 4. The van der Waals surface area contributed by atoms with E-state index in [0.717, 1.165) is 5.56 Å². The van der Waals surface area contributed by atoms with Crippen LogP contribution in [0.2, 0.25) is 20.1 Å². The van der Waals surface area contributed by atoms with E-state index in [1.807, 2.05) is 0 Å². The lowest BCUT2D eigenvalue weighted by Gasteiger charge is -2.10. The van der Waals surface area contributed by atoms with Crippen LogP contribution >= 0.6 is 46.4 Å². The van der Waals surface area contributed by atoms with Gasteiger partial charge in [0.25, 0.3) is 0 Å². The van der Waals surface area contributed by atoms with E-state index in [4.69, 9.17) is 52.1 Å². The molecule has 0 aromatic heterocycles. The lowest BCUT2D eigenvalue weighted by molar-refractivity contribution is 1.60. The predicted molar refractivity (Wildman–Crippen MR) is 76.3 cm³/mol. The Morgan fingerprint density at radius 2 is 1.35 bits per heavy atom. The molecular formula is C12H7Cl4N. The second-order valence-electron chi connectivity index (χ2n) is 3.47. The van der Waals surface area contributed by atoms with Crippen molar-refractivity contribution in [1.29, 1.82) is 0 Å². The molecule has 88 valence electrons. The Balaban J connectivity index is 2.68. The molecule has 5 heteroatoms. The van der Waals surface area contributed by atoms with Crippen molar-refractivity contribution in [1.82, 2.24) is 0 Å². The number of nitrogens with two attached hydrogens (primary N) is 1. The summed E-state index contributed by atoms with van der Waals surface area (Å²) in [5.74, 6) is 0. The van der Waals surface area contributed by atoms with Gasteiger partial charge in [0.05, 0.1) is 10.7 Å². The highest BCUT2D eigenvalue weighted by molar-refractivity contribution is 6.39. The van der Waals surface area contributed by atoms with Crippen LogP contribution in [0, 0.1) is 0 Å². The molecule has 0 aliphatic rings. The smallest absolute Gasteiger partial charge is 0.0656 e. The standard InChI is InChI=1S/C12H7Cl4N/c13-6-1-2-8(10(15)4-6)9-3-7(14)5-11(16)12(9)17/h1-5H,17H2. The highest BCUT2D eigenvalue weighted by atomic mass is 35.5. The van der Waals surface area contributed by atoms with Gasteiger partial charge in [-0.3, -0.25) is 0 Å². The van der Waals surface area contributed by atoms with E-state index in [2.05, 4.69) is 0 Å². The fourth-order valence-electron chi connectivity index (χ4n) is 1.52. The van der Waals surface area contributed by atoms with Crippen molar-refractivity contribution in [2.75, 3.05) is 5.73 Å². The third kappa shape index (κ3) is 2.63. The maximum Gasteiger partial charge on any atom is 0.0656 e. The van der Waals surface area contributed by atoms with Gasteiger partial charge in [0, 0.05) is 26.2 Å². The molecule has 0 saturated heterocycles. The van der Waals surface area contributed by atoms with E-state index in [1.54, 1.807) is 30.3 Å². The number of hydrogen-bond acceptors (Lipinski definition) is 1. The van der Waals surface area contributed by atoms with Gasteiger partial charge in [0.15, 0.2) is 0 Å². The second kappa shape index (κ2) is 4.95. The largest absolute Gasteiger partial charge is 0.397 e. The number of benzene rings is 2. The van der Waals surface area contributed by atoms with E-state index in [9.17, 15) is 0 Å². The van der Waals surface area contributed by atoms with E-state index in [0.29, 0.717) is 31.3 Å². The molecule has 0 saturated carbocycles. The first kappa shape index (κ1) is 12.8. The minimum Gasteiger partial charge on any atom is -0.397 e. The molecule has 0 amide bonds. The minimum atomic E-state index is 0.401. The normalized spacial score (nSPS) is 10.6. The third-order valence-electron chi connectivity index (χ3n) is 2.32. The zero-order valence-corrected chi connectivity index (χ0v) is 11.5. The minimum absolute atomic E-state index is 0.401. The maximum absolute atomic E-state index is 6.11. The zero-order valence-electron chi connectivity index (χ0n) is 8.48. The summed E-state index contributed by atoms with van der Waals surface area (Å²) in [6.45, 7) is 0. The van der Waals surface area contributed by atoms with Crippen LogP contribution < -0.4 is 5.73 Å². The molecule has 0 aliphatic heterocycles. The maximum atomic E-state index is 6.11. The molecule has 0 spiro atoms. The topological polar surface area (TPSA) is 26.0 Å². The third-order valence-corrected chi connectivity index (χ3v) is 3.39. The van der Waals surface area contributed by atoms with Crippen LogP contribution in [0.4, 0.5) is 5.69 Å². The van der Waals surface area contributed by atoms with Crippen molar-refractivity contribution in [2.24, 2.45) is 0 Å². The van der Waals surface area contributed by atoms with Crippen LogP contribution in [-0.2, 0) is 0 Å². The molecule has 1 nitrogen and oxygen atoms in total. The van der Waals surface area contributed by atoms with Crippen LogP contribution in [0.5, 0.6) is 0 Å². The zero-order chi connectivity index (χ0) is 12.6. The highest BCUT2D eigenvalue weighted by Crippen LogP contribution is 2.38. The molecule has 2 rings (SSSR count). The molecule has 0 bridgehead atoms. The molecule has 0 heterocycles. The Kier molecular flexibility index (Phi) is 3.74. The number of hydrogen-bond donors (Lipinski definition) is 1. The quantitative estimate of drug-likeness (QED) is 0.687. The molecule has 0 atom stereocenters. The number of anilines is 1. The van der Waals surface area contributed by atoms with E-state index >= 15 is 0 Å². The Labute approximate surface area is 119 Å². The molecule has 0 radical (unpaired) electrons. The number of rotatable bonds is 1. The van der Waals surface area contributed by atoms with Crippen molar-refractivity contribution >= 4 is 52.1 Å². The predicted octanol–water partition coefficient (Wildman–Crippen LogP) is 5.55. The van der Waals surface area contributed by atoms with E-state index in [1.165, 1.54) is 0 Å². The van der Waals surface area contributed by atoms with Crippen LogP contribution in [0.1, 0.15) is 0 Å². The monoisotopic (exact) mass is 305 g/mol. The van der Waals surface area contributed by atoms with Gasteiger partial charge in [-0.25, -0.2) is 0 Å². The summed E-state index contributed by atoms with van der Waals surface area (Å²) in [4.78, 5) is 0. The average molecular weight is 307 g/mol. The van der Waals surface area contributed by atoms with Crippen LogP contribution in [-0.4, -0.2) is 0 Å². The van der Waals surface area contributed by atoms with Gasteiger partial charge in [-0.1, -0.05) is 52.5 Å². The van der Waals surface area contributed by atoms with Crippen molar-refractivity contribution in [3.63, 3.8) is 0 Å².